The van der Waals surface area contributed by atoms with Crippen LogP contribution in [-0.4, -0.2) is 17.9 Å². The third-order valence-corrected chi connectivity index (χ3v) is 2.84. The zero-order valence-electron chi connectivity index (χ0n) is 9.04. The predicted octanol–water partition coefficient (Wildman–Crippen LogP) is 2.78. The Bertz CT molecular complexity index is 451. The van der Waals surface area contributed by atoms with E-state index in [1.54, 1.807) is 6.21 Å². The lowest BCUT2D eigenvalue weighted by molar-refractivity contribution is 0.337. The van der Waals surface area contributed by atoms with Crippen molar-refractivity contribution < 1.29 is 4.74 Å². The number of nitrogens with zero attached hydrogens (tertiary/aromatic N) is 1. The Morgan fingerprint density at radius 3 is 2.88 bits per heavy atom. The van der Waals surface area contributed by atoms with E-state index in [4.69, 9.17) is 10.5 Å². The second-order valence-electron chi connectivity index (χ2n) is 2.97. The monoisotopic (exact) mass is 379 g/mol. The Hall–Kier alpha value is -0.660. The average molecular weight is 381 g/mol. The molecule has 0 unspecified atom stereocenters. The second kappa shape index (κ2) is 6.93. The molecule has 0 spiro atoms. The Kier molecular flexibility index (Phi) is 5.87. The van der Waals surface area contributed by atoms with Gasteiger partial charge in [-0.1, -0.05) is 15.9 Å². The highest BCUT2D eigenvalue weighted by Crippen LogP contribution is 2.31. The highest BCUT2D eigenvalue weighted by molar-refractivity contribution is 9.11. The van der Waals surface area contributed by atoms with Crippen LogP contribution >= 0.6 is 44.1 Å². The quantitative estimate of drug-likeness (QED) is 0.479. The van der Waals surface area contributed by atoms with Gasteiger partial charge in [-0.15, -0.1) is 0 Å². The largest absolute Gasteiger partial charge is 0.492 e. The number of nitrogens with two attached hydrogens (primary N) is 1. The molecule has 0 fully saturated rings. The van der Waals surface area contributed by atoms with Crippen LogP contribution in [0.25, 0.3) is 0 Å². The van der Waals surface area contributed by atoms with Gasteiger partial charge in [-0.25, -0.2) is 0 Å². The van der Waals surface area contributed by atoms with Crippen molar-refractivity contribution in [2.45, 2.75) is 6.92 Å². The van der Waals surface area contributed by atoms with Crippen LogP contribution in [0.1, 0.15) is 12.5 Å². The Morgan fingerprint density at radius 2 is 2.29 bits per heavy atom. The highest BCUT2D eigenvalue weighted by Gasteiger charge is 2.08. The Labute approximate surface area is 122 Å². The van der Waals surface area contributed by atoms with Gasteiger partial charge in [0.05, 0.1) is 17.3 Å². The molecule has 0 saturated carbocycles. The fourth-order valence-electron chi connectivity index (χ4n) is 1.14. The van der Waals surface area contributed by atoms with Gasteiger partial charge in [0.25, 0.3) is 0 Å². The van der Waals surface area contributed by atoms with Gasteiger partial charge in [0.2, 0.25) is 0 Å². The Balaban J connectivity index is 3.02. The van der Waals surface area contributed by atoms with Crippen LogP contribution in [0.2, 0.25) is 0 Å². The predicted molar refractivity (Wildman–Crippen MR) is 80.5 cm³/mol. The van der Waals surface area contributed by atoms with Crippen LogP contribution in [-0.2, 0) is 0 Å². The summed E-state index contributed by atoms with van der Waals surface area (Å²) in [6.07, 6.45) is 1.60. The SMILES string of the molecule is CCOc1c(Br)cc(Br)cc1/C=N\NC(N)=S. The van der Waals surface area contributed by atoms with Crippen molar-refractivity contribution >= 4 is 55.4 Å². The minimum absolute atomic E-state index is 0.119. The van der Waals surface area contributed by atoms with Gasteiger partial charge in [0.1, 0.15) is 5.75 Å². The number of hydrogen-bond donors (Lipinski definition) is 2. The van der Waals surface area contributed by atoms with Crippen LogP contribution in [0, 0.1) is 0 Å². The maximum atomic E-state index is 5.53. The molecule has 0 amide bonds. The number of nitrogens with one attached hydrogen (secondary N) is 1. The lowest BCUT2D eigenvalue weighted by atomic mass is 10.2. The van der Waals surface area contributed by atoms with Crippen molar-refractivity contribution in [1.82, 2.24) is 5.43 Å². The number of benzene rings is 1. The van der Waals surface area contributed by atoms with Crippen LogP contribution in [0.15, 0.2) is 26.2 Å². The minimum Gasteiger partial charge on any atom is -0.492 e. The van der Waals surface area contributed by atoms with Gasteiger partial charge in [0, 0.05) is 10.0 Å². The normalized spacial score (nSPS) is 10.5. The standard InChI is InChI=1S/C10H11Br2N3OS/c1-2-16-9-6(5-14-15-10(13)17)3-7(11)4-8(9)12/h3-5H,2H2,1H3,(H3,13,15,17)/b14-5-. The van der Waals surface area contributed by atoms with E-state index in [1.807, 2.05) is 19.1 Å². The molecule has 0 radical (unpaired) electrons. The number of hydrazone groups is 1. The van der Waals surface area contributed by atoms with Crippen molar-refractivity contribution in [2.75, 3.05) is 6.61 Å². The van der Waals surface area contributed by atoms with Crippen LogP contribution in [0.5, 0.6) is 5.75 Å². The number of rotatable bonds is 4. The topological polar surface area (TPSA) is 59.6 Å². The van der Waals surface area contributed by atoms with Gasteiger partial charge in [-0.2, -0.15) is 5.10 Å². The molecule has 1 rings (SSSR count). The summed E-state index contributed by atoms with van der Waals surface area (Å²) in [6.45, 7) is 2.49. The van der Waals surface area contributed by atoms with Crippen LogP contribution in [0.3, 0.4) is 0 Å². The van der Waals surface area contributed by atoms with Crippen molar-refractivity contribution in [1.29, 1.82) is 0 Å². The number of thiocarbonyl (C=S) groups is 1. The fraction of sp³-hybridized carbons (Fsp3) is 0.200. The number of halogens is 2. The summed E-state index contributed by atoms with van der Waals surface area (Å²) in [6, 6.07) is 3.80. The van der Waals surface area contributed by atoms with E-state index >= 15 is 0 Å². The smallest absolute Gasteiger partial charge is 0.184 e. The van der Waals surface area contributed by atoms with Crippen molar-refractivity contribution in [3.05, 3.63) is 26.6 Å². The first-order valence-corrected chi connectivity index (χ1v) is 6.74. The zero-order chi connectivity index (χ0) is 12.8. The van der Waals surface area contributed by atoms with Crippen LogP contribution < -0.4 is 15.9 Å². The molecule has 0 aromatic heterocycles. The number of ether oxygens (including phenoxy) is 1. The summed E-state index contributed by atoms with van der Waals surface area (Å²) in [5, 5.41) is 4.02. The molecule has 1 aromatic carbocycles. The molecule has 0 aliphatic heterocycles. The third-order valence-electron chi connectivity index (χ3n) is 1.70. The van der Waals surface area contributed by atoms with E-state index in [-0.39, 0.29) is 5.11 Å². The molecule has 17 heavy (non-hydrogen) atoms. The van der Waals surface area contributed by atoms with Crippen molar-refractivity contribution in [3.63, 3.8) is 0 Å². The molecule has 3 N–H and O–H groups in total. The molecule has 0 bridgehead atoms. The van der Waals surface area contributed by atoms with E-state index in [9.17, 15) is 0 Å². The maximum Gasteiger partial charge on any atom is 0.184 e. The minimum atomic E-state index is 0.119. The number of hydrogen-bond acceptors (Lipinski definition) is 3. The molecule has 4 nitrogen and oxygen atoms in total. The summed E-state index contributed by atoms with van der Waals surface area (Å²) in [7, 11) is 0. The second-order valence-corrected chi connectivity index (χ2v) is 5.18. The van der Waals surface area contributed by atoms with Crippen molar-refractivity contribution in [2.24, 2.45) is 10.8 Å². The van der Waals surface area contributed by atoms with E-state index in [1.165, 1.54) is 0 Å². The lowest BCUT2D eigenvalue weighted by Gasteiger charge is -2.09. The van der Waals surface area contributed by atoms with Gasteiger partial charge >= 0.3 is 0 Å². The summed E-state index contributed by atoms with van der Waals surface area (Å²) in [4.78, 5) is 0. The van der Waals surface area contributed by atoms with E-state index in [0.717, 1.165) is 20.3 Å². The molecule has 0 atom stereocenters. The van der Waals surface area contributed by atoms with Gasteiger partial charge in [0.15, 0.2) is 5.11 Å². The molecule has 1 aromatic rings. The summed E-state index contributed by atoms with van der Waals surface area (Å²) in [5.41, 5.74) is 8.58. The molecule has 0 saturated heterocycles. The van der Waals surface area contributed by atoms with Gasteiger partial charge in [-0.3, -0.25) is 5.43 Å². The molecule has 7 heteroatoms. The summed E-state index contributed by atoms with van der Waals surface area (Å²) in [5.74, 6) is 0.726. The average Bonchev–Trinajstić information content (AvgIpc) is 2.22. The summed E-state index contributed by atoms with van der Waals surface area (Å²) >= 11 is 11.5. The Morgan fingerprint density at radius 1 is 1.59 bits per heavy atom. The first-order chi connectivity index (χ1) is 8.04. The van der Waals surface area contributed by atoms with Gasteiger partial charge in [-0.05, 0) is 47.2 Å². The van der Waals surface area contributed by atoms with E-state index < -0.39 is 0 Å². The van der Waals surface area contributed by atoms with E-state index in [2.05, 4.69) is 54.6 Å². The molecular formula is C10H11Br2N3OS. The molecule has 0 heterocycles. The molecule has 92 valence electrons. The maximum absolute atomic E-state index is 5.53. The molecule has 0 aliphatic carbocycles. The summed E-state index contributed by atoms with van der Waals surface area (Å²) < 4.78 is 7.30. The van der Waals surface area contributed by atoms with Crippen molar-refractivity contribution in [3.8, 4) is 5.75 Å². The van der Waals surface area contributed by atoms with Gasteiger partial charge < -0.3 is 10.5 Å². The lowest BCUT2D eigenvalue weighted by Crippen LogP contribution is -2.24. The first kappa shape index (κ1) is 14.4. The third kappa shape index (κ3) is 4.61. The first-order valence-electron chi connectivity index (χ1n) is 4.75. The molecular weight excluding hydrogens is 370 g/mol. The molecule has 0 aliphatic rings. The fourth-order valence-corrected chi connectivity index (χ4v) is 2.56. The van der Waals surface area contributed by atoms with E-state index in [0.29, 0.717) is 6.61 Å². The van der Waals surface area contributed by atoms with Crippen LogP contribution in [0.4, 0.5) is 0 Å². The zero-order valence-corrected chi connectivity index (χ0v) is 13.0. The highest BCUT2D eigenvalue weighted by atomic mass is 79.9.